The highest BCUT2D eigenvalue weighted by atomic mass is 32.2. The smallest absolute Gasteiger partial charge is 0.242 e. The van der Waals surface area contributed by atoms with Gasteiger partial charge in [-0.3, -0.25) is 4.79 Å². The highest BCUT2D eigenvalue weighted by Gasteiger charge is 2.27. The van der Waals surface area contributed by atoms with Crippen LogP contribution in [0.3, 0.4) is 0 Å². The number of sulfonamides is 1. The average molecular weight is 489 g/mol. The van der Waals surface area contributed by atoms with Crippen molar-refractivity contribution >= 4 is 32.4 Å². The molecule has 7 heteroatoms. The predicted octanol–water partition coefficient (Wildman–Crippen LogP) is 5.08. The van der Waals surface area contributed by atoms with E-state index in [2.05, 4.69) is 10.0 Å². The molecule has 0 aromatic heterocycles. The number of carbonyl (C=O) groups is 1. The lowest BCUT2D eigenvalue weighted by atomic mass is 10.1. The predicted molar refractivity (Wildman–Crippen MR) is 139 cm³/mol. The number of benzene rings is 4. The van der Waals surface area contributed by atoms with Crippen LogP contribution in [0.1, 0.15) is 18.1 Å². The molecule has 0 fully saturated rings. The summed E-state index contributed by atoms with van der Waals surface area (Å²) in [5.41, 5.74) is 2.17. The van der Waals surface area contributed by atoms with Crippen molar-refractivity contribution in [1.29, 1.82) is 0 Å². The molecule has 0 bridgehead atoms. The van der Waals surface area contributed by atoms with E-state index < -0.39 is 22.0 Å². The standard InChI is InChI=1S/C28H28N2O4S/c1-3-34-27-17-16-23(18-20(27)2)35(32,33)30-26(19-21-10-5-4-6-11-21)28(31)29-25-15-9-13-22-12-7-8-14-24(22)25/h4-18,26,30H,3,19H2,1-2H3,(H,29,31)/t26-/m1/s1. The number of hydrogen-bond donors (Lipinski definition) is 2. The minimum Gasteiger partial charge on any atom is -0.494 e. The second kappa shape index (κ2) is 10.7. The van der Waals surface area contributed by atoms with Crippen molar-refractivity contribution in [2.75, 3.05) is 11.9 Å². The number of rotatable bonds is 9. The van der Waals surface area contributed by atoms with E-state index in [4.69, 9.17) is 4.74 Å². The molecular weight excluding hydrogens is 460 g/mol. The lowest BCUT2D eigenvalue weighted by Crippen LogP contribution is -2.45. The number of fused-ring (bicyclic) bond motifs is 1. The van der Waals surface area contributed by atoms with Crippen LogP contribution in [-0.4, -0.2) is 27.0 Å². The molecule has 4 aromatic carbocycles. The second-order valence-corrected chi connectivity index (χ2v) is 9.95. The molecule has 0 heterocycles. The zero-order valence-electron chi connectivity index (χ0n) is 19.7. The number of hydrogen-bond acceptors (Lipinski definition) is 4. The minimum absolute atomic E-state index is 0.0782. The molecule has 0 aliphatic carbocycles. The van der Waals surface area contributed by atoms with Crippen LogP contribution in [-0.2, 0) is 21.2 Å². The first-order chi connectivity index (χ1) is 16.9. The zero-order valence-corrected chi connectivity index (χ0v) is 20.5. The van der Waals surface area contributed by atoms with Crippen LogP contribution >= 0.6 is 0 Å². The molecule has 0 spiro atoms. The zero-order chi connectivity index (χ0) is 24.8. The Morgan fingerprint density at radius 2 is 1.63 bits per heavy atom. The van der Waals surface area contributed by atoms with E-state index in [1.54, 1.807) is 19.1 Å². The van der Waals surface area contributed by atoms with E-state index in [1.807, 2.05) is 79.7 Å². The molecule has 35 heavy (non-hydrogen) atoms. The SMILES string of the molecule is CCOc1ccc(S(=O)(=O)N[C@H](Cc2ccccc2)C(=O)Nc2cccc3ccccc23)cc1C. The molecule has 6 nitrogen and oxygen atoms in total. The summed E-state index contributed by atoms with van der Waals surface area (Å²) < 4.78 is 34.7. The largest absolute Gasteiger partial charge is 0.494 e. The molecular formula is C28H28N2O4S. The minimum atomic E-state index is -3.98. The second-order valence-electron chi connectivity index (χ2n) is 8.24. The Balaban J connectivity index is 1.63. The molecule has 0 unspecified atom stereocenters. The van der Waals surface area contributed by atoms with E-state index >= 15 is 0 Å². The summed E-state index contributed by atoms with van der Waals surface area (Å²) in [5.74, 6) is 0.192. The Kier molecular flexibility index (Phi) is 7.48. The quantitative estimate of drug-likeness (QED) is 0.344. The Morgan fingerprint density at radius 3 is 2.37 bits per heavy atom. The first-order valence-electron chi connectivity index (χ1n) is 11.5. The third kappa shape index (κ3) is 5.88. The van der Waals surface area contributed by atoms with Crippen molar-refractivity contribution in [2.45, 2.75) is 31.2 Å². The van der Waals surface area contributed by atoms with Crippen molar-refractivity contribution in [3.05, 3.63) is 102 Å². The number of aryl methyl sites for hydroxylation is 1. The average Bonchev–Trinajstić information content (AvgIpc) is 2.85. The maximum Gasteiger partial charge on any atom is 0.242 e. The first kappa shape index (κ1) is 24.4. The van der Waals surface area contributed by atoms with Gasteiger partial charge in [-0.05, 0) is 61.0 Å². The van der Waals surface area contributed by atoms with Crippen LogP contribution in [0.4, 0.5) is 5.69 Å². The van der Waals surface area contributed by atoms with Crippen LogP contribution in [0, 0.1) is 6.92 Å². The molecule has 2 N–H and O–H groups in total. The fourth-order valence-corrected chi connectivity index (χ4v) is 5.23. The Hall–Kier alpha value is -3.68. The van der Waals surface area contributed by atoms with E-state index in [1.165, 1.54) is 6.07 Å². The fraction of sp³-hybridized carbons (Fsp3) is 0.179. The van der Waals surface area contributed by atoms with Crippen LogP contribution < -0.4 is 14.8 Å². The van der Waals surface area contributed by atoms with Crippen molar-refractivity contribution in [3.63, 3.8) is 0 Å². The fourth-order valence-electron chi connectivity index (χ4n) is 3.95. The van der Waals surface area contributed by atoms with Gasteiger partial charge in [0, 0.05) is 11.1 Å². The molecule has 1 atom stereocenters. The molecule has 0 saturated heterocycles. The number of anilines is 1. The Morgan fingerprint density at radius 1 is 0.914 bits per heavy atom. The van der Waals surface area contributed by atoms with E-state index in [0.29, 0.717) is 23.6 Å². The van der Waals surface area contributed by atoms with Crippen LogP contribution in [0.25, 0.3) is 10.8 Å². The normalized spacial score (nSPS) is 12.3. The molecule has 4 aromatic rings. The molecule has 180 valence electrons. The summed E-state index contributed by atoms with van der Waals surface area (Å²) in [5, 5.41) is 4.79. The van der Waals surface area contributed by atoms with Gasteiger partial charge in [0.05, 0.1) is 11.5 Å². The third-order valence-electron chi connectivity index (χ3n) is 5.70. The van der Waals surface area contributed by atoms with Crippen LogP contribution in [0.5, 0.6) is 5.75 Å². The van der Waals surface area contributed by atoms with E-state index in [-0.39, 0.29) is 11.3 Å². The van der Waals surface area contributed by atoms with Gasteiger partial charge in [-0.15, -0.1) is 0 Å². The van der Waals surface area contributed by atoms with Crippen molar-refractivity contribution in [3.8, 4) is 5.75 Å². The van der Waals surface area contributed by atoms with Gasteiger partial charge in [-0.2, -0.15) is 4.72 Å². The Labute approximate surface area is 206 Å². The number of amides is 1. The molecule has 1 amide bonds. The molecule has 4 rings (SSSR count). The summed E-state index contributed by atoms with van der Waals surface area (Å²) in [6.45, 7) is 4.14. The first-order valence-corrected chi connectivity index (χ1v) is 12.9. The maximum atomic E-state index is 13.4. The Bertz CT molecular complexity index is 1430. The summed E-state index contributed by atoms with van der Waals surface area (Å²) in [4.78, 5) is 13.5. The van der Waals surface area contributed by atoms with Gasteiger partial charge in [-0.1, -0.05) is 66.7 Å². The summed E-state index contributed by atoms with van der Waals surface area (Å²) >= 11 is 0. The van der Waals surface area contributed by atoms with Gasteiger partial charge in [0.25, 0.3) is 0 Å². The van der Waals surface area contributed by atoms with Gasteiger partial charge in [0.2, 0.25) is 15.9 Å². The topological polar surface area (TPSA) is 84.5 Å². The van der Waals surface area contributed by atoms with Gasteiger partial charge in [0.15, 0.2) is 0 Å². The molecule has 0 aliphatic heterocycles. The summed E-state index contributed by atoms with van der Waals surface area (Å²) in [6.07, 6.45) is 0.201. The third-order valence-corrected chi connectivity index (χ3v) is 7.17. The van der Waals surface area contributed by atoms with Gasteiger partial charge >= 0.3 is 0 Å². The van der Waals surface area contributed by atoms with Crippen molar-refractivity contribution < 1.29 is 17.9 Å². The van der Waals surface area contributed by atoms with Crippen molar-refractivity contribution in [2.24, 2.45) is 0 Å². The van der Waals surface area contributed by atoms with Gasteiger partial charge in [-0.25, -0.2) is 8.42 Å². The number of nitrogens with one attached hydrogen (secondary N) is 2. The van der Waals surface area contributed by atoms with E-state index in [9.17, 15) is 13.2 Å². The summed E-state index contributed by atoms with van der Waals surface area (Å²) in [7, 11) is -3.98. The monoisotopic (exact) mass is 488 g/mol. The lowest BCUT2D eigenvalue weighted by molar-refractivity contribution is -0.117. The summed E-state index contributed by atoms with van der Waals surface area (Å²) in [6, 6.07) is 26.3. The maximum absolute atomic E-state index is 13.4. The lowest BCUT2D eigenvalue weighted by Gasteiger charge is -2.20. The highest BCUT2D eigenvalue weighted by Crippen LogP contribution is 2.24. The highest BCUT2D eigenvalue weighted by molar-refractivity contribution is 7.89. The molecule has 0 saturated carbocycles. The van der Waals surface area contributed by atoms with Crippen LogP contribution in [0.15, 0.2) is 95.9 Å². The molecule has 0 radical (unpaired) electrons. The van der Waals surface area contributed by atoms with Crippen LogP contribution in [0.2, 0.25) is 0 Å². The van der Waals surface area contributed by atoms with Gasteiger partial charge in [0.1, 0.15) is 11.8 Å². The van der Waals surface area contributed by atoms with Crippen molar-refractivity contribution in [1.82, 2.24) is 4.72 Å². The molecule has 0 aliphatic rings. The van der Waals surface area contributed by atoms with Gasteiger partial charge < -0.3 is 10.1 Å². The van der Waals surface area contributed by atoms with E-state index in [0.717, 1.165) is 16.3 Å². The number of ether oxygens (including phenoxy) is 1. The number of carbonyl (C=O) groups excluding carboxylic acids is 1.